The Morgan fingerprint density at radius 3 is 2.29 bits per heavy atom. The predicted octanol–water partition coefficient (Wildman–Crippen LogP) is 8.65. The van der Waals surface area contributed by atoms with Gasteiger partial charge in [0, 0.05) is 17.5 Å². The lowest BCUT2D eigenvalue weighted by molar-refractivity contribution is 0.0942. The van der Waals surface area contributed by atoms with E-state index in [9.17, 15) is 9.18 Å². The predicted molar refractivity (Wildman–Crippen MR) is 129 cm³/mol. The molecule has 1 aliphatic rings. The van der Waals surface area contributed by atoms with Gasteiger partial charge in [-0.3, -0.25) is 4.79 Å². The molecule has 1 atom stereocenters. The van der Waals surface area contributed by atoms with Gasteiger partial charge in [-0.05, 0) is 54.2 Å². The first-order valence-electron chi connectivity index (χ1n) is 12.4. The lowest BCUT2D eigenvalue weighted by Crippen LogP contribution is -2.17. The van der Waals surface area contributed by atoms with Crippen LogP contribution in [0, 0.1) is 23.6 Å². The lowest BCUT2D eigenvalue weighted by Gasteiger charge is -2.28. The molecule has 2 heteroatoms. The van der Waals surface area contributed by atoms with E-state index in [1.54, 1.807) is 6.07 Å². The monoisotopic (exact) mass is 422 g/mol. The Morgan fingerprint density at radius 1 is 1.00 bits per heavy atom. The average molecular weight is 423 g/mol. The lowest BCUT2D eigenvalue weighted by atomic mass is 9.77. The Morgan fingerprint density at radius 2 is 1.68 bits per heavy atom. The van der Waals surface area contributed by atoms with Crippen LogP contribution < -0.4 is 0 Å². The smallest absolute Gasteiger partial charge is 0.163 e. The largest absolute Gasteiger partial charge is 0.294 e. The number of halogens is 1. The molecule has 1 unspecified atom stereocenters. The molecule has 0 aliphatic heterocycles. The summed E-state index contributed by atoms with van der Waals surface area (Å²) in [4.78, 5) is 12.8. The number of hydrogen-bond acceptors (Lipinski definition) is 1. The molecule has 1 saturated carbocycles. The SMILES string of the molecule is CCCC[C@H]1CC[C@H](CC(=O)c2ccc(-c3ccc(CC(C)CC)cc3F)cc2)CC1. The minimum Gasteiger partial charge on any atom is -0.294 e. The van der Waals surface area contributed by atoms with Crippen molar-refractivity contribution >= 4 is 5.78 Å². The van der Waals surface area contributed by atoms with Crippen LogP contribution in [0.15, 0.2) is 42.5 Å². The van der Waals surface area contributed by atoms with E-state index < -0.39 is 0 Å². The maximum absolute atomic E-state index is 14.7. The van der Waals surface area contributed by atoms with Crippen LogP contribution >= 0.6 is 0 Å². The molecule has 168 valence electrons. The zero-order valence-electron chi connectivity index (χ0n) is 19.6. The molecule has 0 saturated heterocycles. The van der Waals surface area contributed by atoms with Crippen molar-refractivity contribution in [1.29, 1.82) is 0 Å². The van der Waals surface area contributed by atoms with E-state index >= 15 is 0 Å². The van der Waals surface area contributed by atoms with Crippen LogP contribution in [0.3, 0.4) is 0 Å². The van der Waals surface area contributed by atoms with Crippen molar-refractivity contribution in [3.05, 3.63) is 59.4 Å². The Balaban J connectivity index is 1.57. The van der Waals surface area contributed by atoms with Crippen molar-refractivity contribution in [2.24, 2.45) is 17.8 Å². The summed E-state index contributed by atoms with van der Waals surface area (Å²) < 4.78 is 14.7. The van der Waals surface area contributed by atoms with Gasteiger partial charge < -0.3 is 0 Å². The van der Waals surface area contributed by atoms with Crippen LogP contribution in [-0.4, -0.2) is 5.78 Å². The fraction of sp³-hybridized carbons (Fsp3) is 0.552. The molecule has 2 aromatic carbocycles. The molecule has 0 radical (unpaired) electrons. The Bertz CT molecular complexity index is 830. The quantitative estimate of drug-likeness (QED) is 0.350. The summed E-state index contributed by atoms with van der Waals surface area (Å²) in [6.45, 7) is 6.61. The molecule has 0 amide bonds. The summed E-state index contributed by atoms with van der Waals surface area (Å²) in [6.07, 6.45) is 11.6. The van der Waals surface area contributed by atoms with E-state index in [-0.39, 0.29) is 11.6 Å². The van der Waals surface area contributed by atoms with Crippen LogP contribution in [0.1, 0.15) is 94.5 Å². The first kappa shape index (κ1) is 23.7. The fourth-order valence-corrected chi connectivity index (χ4v) is 4.90. The number of unbranched alkanes of at least 4 members (excludes halogenated alkanes) is 1. The Labute approximate surface area is 188 Å². The second kappa shape index (κ2) is 11.6. The van der Waals surface area contributed by atoms with E-state index in [0.717, 1.165) is 35.4 Å². The highest BCUT2D eigenvalue weighted by Crippen LogP contribution is 2.34. The molecule has 0 N–H and O–H groups in total. The highest BCUT2D eigenvalue weighted by molar-refractivity contribution is 5.96. The molecular weight excluding hydrogens is 383 g/mol. The van der Waals surface area contributed by atoms with Gasteiger partial charge in [0.15, 0.2) is 5.78 Å². The molecule has 31 heavy (non-hydrogen) atoms. The van der Waals surface area contributed by atoms with Gasteiger partial charge in [0.25, 0.3) is 0 Å². The summed E-state index contributed by atoms with van der Waals surface area (Å²) in [5.74, 6) is 2.01. The molecule has 0 aromatic heterocycles. The van der Waals surface area contributed by atoms with Gasteiger partial charge in [-0.2, -0.15) is 0 Å². The number of carbonyl (C=O) groups excluding carboxylic acids is 1. The standard InChI is InChI=1S/C29H39FO/c1-4-6-7-22-8-10-23(11-9-22)20-29(31)26-15-13-25(14-16-26)27-17-12-24(19-28(27)30)18-21(3)5-2/h12-17,19,21-23H,4-11,18,20H2,1-3H3/t21?,22-,23-. The van der Waals surface area contributed by atoms with Gasteiger partial charge >= 0.3 is 0 Å². The molecule has 1 nitrogen and oxygen atoms in total. The second-order valence-corrected chi connectivity index (χ2v) is 9.77. The topological polar surface area (TPSA) is 17.1 Å². The molecule has 0 spiro atoms. The minimum absolute atomic E-state index is 0.181. The van der Waals surface area contributed by atoms with Gasteiger partial charge in [-0.15, -0.1) is 0 Å². The number of rotatable bonds is 10. The van der Waals surface area contributed by atoms with Crippen LogP contribution in [-0.2, 0) is 6.42 Å². The van der Waals surface area contributed by atoms with Crippen molar-refractivity contribution < 1.29 is 9.18 Å². The van der Waals surface area contributed by atoms with Gasteiger partial charge in [-0.25, -0.2) is 4.39 Å². The zero-order valence-corrected chi connectivity index (χ0v) is 19.6. The first-order chi connectivity index (χ1) is 15.0. The van der Waals surface area contributed by atoms with Gasteiger partial charge in [0.1, 0.15) is 5.82 Å². The number of carbonyl (C=O) groups is 1. The average Bonchev–Trinajstić information content (AvgIpc) is 2.79. The van der Waals surface area contributed by atoms with Crippen LogP contribution in [0.4, 0.5) is 4.39 Å². The third-order valence-electron chi connectivity index (χ3n) is 7.24. The minimum atomic E-state index is -0.181. The Kier molecular flexibility index (Phi) is 8.87. The van der Waals surface area contributed by atoms with E-state index in [4.69, 9.17) is 0 Å². The molecule has 1 aliphatic carbocycles. The number of ketones is 1. The number of hydrogen-bond donors (Lipinski definition) is 0. The highest BCUT2D eigenvalue weighted by Gasteiger charge is 2.23. The zero-order chi connectivity index (χ0) is 22.2. The normalized spacial score (nSPS) is 19.9. The van der Waals surface area contributed by atoms with Gasteiger partial charge in [0.2, 0.25) is 0 Å². The second-order valence-electron chi connectivity index (χ2n) is 9.77. The summed E-state index contributed by atoms with van der Waals surface area (Å²) >= 11 is 0. The van der Waals surface area contributed by atoms with Gasteiger partial charge in [-0.1, -0.05) is 95.7 Å². The molecule has 3 rings (SSSR count). The van der Waals surface area contributed by atoms with E-state index in [1.165, 1.54) is 44.9 Å². The third kappa shape index (κ3) is 6.76. The maximum atomic E-state index is 14.7. The summed E-state index contributed by atoms with van der Waals surface area (Å²) in [5, 5.41) is 0. The molecular formula is C29H39FO. The summed E-state index contributed by atoms with van der Waals surface area (Å²) in [6, 6.07) is 13.1. The third-order valence-corrected chi connectivity index (χ3v) is 7.24. The summed E-state index contributed by atoms with van der Waals surface area (Å²) in [5.41, 5.74) is 3.25. The van der Waals surface area contributed by atoms with Crippen LogP contribution in [0.5, 0.6) is 0 Å². The van der Waals surface area contributed by atoms with Crippen molar-refractivity contribution in [3.63, 3.8) is 0 Å². The number of benzene rings is 2. The fourth-order valence-electron chi connectivity index (χ4n) is 4.90. The number of Topliss-reactive ketones (excluding diaryl/α,β-unsaturated/α-hetero) is 1. The summed E-state index contributed by atoms with van der Waals surface area (Å²) in [7, 11) is 0. The van der Waals surface area contributed by atoms with Crippen molar-refractivity contribution in [2.45, 2.75) is 85.0 Å². The highest BCUT2D eigenvalue weighted by atomic mass is 19.1. The molecule has 1 fully saturated rings. The Hall–Kier alpha value is -1.96. The van der Waals surface area contributed by atoms with Crippen molar-refractivity contribution in [3.8, 4) is 11.1 Å². The van der Waals surface area contributed by atoms with E-state index in [2.05, 4.69) is 20.8 Å². The first-order valence-corrected chi connectivity index (χ1v) is 12.4. The molecule has 2 aromatic rings. The van der Waals surface area contributed by atoms with Crippen molar-refractivity contribution in [2.75, 3.05) is 0 Å². The van der Waals surface area contributed by atoms with Crippen LogP contribution in [0.2, 0.25) is 0 Å². The van der Waals surface area contributed by atoms with Crippen molar-refractivity contribution in [1.82, 2.24) is 0 Å². The molecule has 0 bridgehead atoms. The van der Waals surface area contributed by atoms with E-state index in [1.807, 2.05) is 36.4 Å². The van der Waals surface area contributed by atoms with E-state index in [0.29, 0.717) is 23.8 Å². The van der Waals surface area contributed by atoms with Crippen LogP contribution in [0.25, 0.3) is 11.1 Å². The molecule has 0 heterocycles. The van der Waals surface area contributed by atoms with Gasteiger partial charge in [0.05, 0.1) is 0 Å². The maximum Gasteiger partial charge on any atom is 0.163 e.